The van der Waals surface area contributed by atoms with Crippen molar-refractivity contribution in [1.82, 2.24) is 0 Å². The molecule has 0 aliphatic heterocycles. The molecule has 4 heteroatoms. The zero-order valence-corrected chi connectivity index (χ0v) is 11.2. The molecule has 0 radical (unpaired) electrons. The molecular weight excluding hydrogens is 245 g/mol. The predicted octanol–water partition coefficient (Wildman–Crippen LogP) is 3.91. The predicted molar refractivity (Wildman–Crippen MR) is 73.0 cm³/mol. The van der Waals surface area contributed by atoms with Crippen molar-refractivity contribution in [3.05, 3.63) is 29.6 Å². The summed E-state index contributed by atoms with van der Waals surface area (Å²) < 4.78 is 13.6. The fourth-order valence-electron chi connectivity index (χ4n) is 2.95. The molecule has 0 heterocycles. The van der Waals surface area contributed by atoms with Gasteiger partial charge in [-0.05, 0) is 36.8 Å². The minimum absolute atomic E-state index is 0.238. The fourth-order valence-corrected chi connectivity index (χ4v) is 2.95. The van der Waals surface area contributed by atoms with E-state index in [2.05, 4.69) is 12.2 Å². The second-order valence-corrected chi connectivity index (χ2v) is 5.38. The van der Waals surface area contributed by atoms with E-state index in [1.165, 1.54) is 25.0 Å². The first-order valence-electron chi connectivity index (χ1n) is 6.84. The zero-order valence-electron chi connectivity index (χ0n) is 11.2. The van der Waals surface area contributed by atoms with Gasteiger partial charge in [0.25, 0.3) is 0 Å². The van der Waals surface area contributed by atoms with Gasteiger partial charge in [-0.1, -0.05) is 25.8 Å². The van der Waals surface area contributed by atoms with Crippen LogP contribution in [-0.2, 0) is 0 Å². The smallest absolute Gasteiger partial charge is 0.340 e. The molecule has 2 rings (SSSR count). The highest BCUT2D eigenvalue weighted by Crippen LogP contribution is 2.41. The molecule has 0 unspecified atom stereocenters. The standard InChI is InChI=1S/C15H20FNO2/c1-2-15(8-3-4-9-15)10-17-12-7-5-6-11(16)13(12)14(18)19/h5-7,17H,2-4,8-10H2,1H3,(H,18,19). The van der Waals surface area contributed by atoms with Crippen molar-refractivity contribution in [2.45, 2.75) is 39.0 Å². The normalized spacial score (nSPS) is 17.4. The van der Waals surface area contributed by atoms with Crippen LogP contribution in [0.2, 0.25) is 0 Å². The molecule has 1 aliphatic rings. The molecule has 0 amide bonds. The summed E-state index contributed by atoms with van der Waals surface area (Å²) in [6.45, 7) is 2.88. The van der Waals surface area contributed by atoms with Gasteiger partial charge in [0.2, 0.25) is 0 Å². The SMILES string of the molecule is CCC1(CNc2cccc(F)c2C(=O)O)CCCC1. The molecular formula is C15H20FNO2. The summed E-state index contributed by atoms with van der Waals surface area (Å²) in [6.07, 6.45) is 5.84. The Morgan fingerprint density at radius 2 is 2.11 bits per heavy atom. The Hall–Kier alpha value is -1.58. The first-order valence-corrected chi connectivity index (χ1v) is 6.84. The minimum atomic E-state index is -1.22. The zero-order chi connectivity index (χ0) is 13.9. The van der Waals surface area contributed by atoms with Crippen LogP contribution in [0.25, 0.3) is 0 Å². The lowest BCUT2D eigenvalue weighted by Gasteiger charge is -2.28. The van der Waals surface area contributed by atoms with Crippen LogP contribution < -0.4 is 5.32 Å². The Morgan fingerprint density at radius 1 is 1.42 bits per heavy atom. The summed E-state index contributed by atoms with van der Waals surface area (Å²) in [4.78, 5) is 11.1. The Morgan fingerprint density at radius 3 is 2.68 bits per heavy atom. The number of carboxylic acids is 1. The number of rotatable bonds is 5. The molecule has 1 aromatic rings. The summed E-state index contributed by atoms with van der Waals surface area (Å²) in [6, 6.07) is 4.35. The fraction of sp³-hybridized carbons (Fsp3) is 0.533. The molecule has 0 aromatic heterocycles. The van der Waals surface area contributed by atoms with E-state index in [9.17, 15) is 9.18 Å². The van der Waals surface area contributed by atoms with Gasteiger partial charge in [-0.3, -0.25) is 0 Å². The van der Waals surface area contributed by atoms with Gasteiger partial charge in [0.1, 0.15) is 11.4 Å². The highest BCUT2D eigenvalue weighted by atomic mass is 19.1. The van der Waals surface area contributed by atoms with Crippen molar-refractivity contribution in [3.63, 3.8) is 0 Å². The lowest BCUT2D eigenvalue weighted by molar-refractivity contribution is 0.0693. The number of carbonyl (C=O) groups is 1. The van der Waals surface area contributed by atoms with E-state index in [0.717, 1.165) is 19.3 Å². The third-order valence-corrected chi connectivity index (χ3v) is 4.30. The largest absolute Gasteiger partial charge is 0.478 e. The summed E-state index contributed by atoms with van der Waals surface area (Å²) in [5, 5.41) is 12.2. The van der Waals surface area contributed by atoms with Crippen molar-refractivity contribution >= 4 is 11.7 Å². The maximum absolute atomic E-state index is 13.6. The highest BCUT2D eigenvalue weighted by Gasteiger charge is 2.32. The molecule has 19 heavy (non-hydrogen) atoms. The first-order chi connectivity index (χ1) is 9.08. The Kier molecular flexibility index (Phi) is 4.08. The quantitative estimate of drug-likeness (QED) is 0.848. The molecule has 1 aromatic carbocycles. The van der Waals surface area contributed by atoms with Crippen LogP contribution in [-0.4, -0.2) is 17.6 Å². The van der Waals surface area contributed by atoms with Gasteiger partial charge in [0.05, 0.1) is 5.69 Å². The summed E-state index contributed by atoms with van der Waals surface area (Å²) in [7, 11) is 0. The van der Waals surface area contributed by atoms with E-state index in [-0.39, 0.29) is 11.0 Å². The second-order valence-electron chi connectivity index (χ2n) is 5.38. The van der Waals surface area contributed by atoms with Gasteiger partial charge in [0, 0.05) is 6.54 Å². The highest BCUT2D eigenvalue weighted by molar-refractivity contribution is 5.94. The van der Waals surface area contributed by atoms with Gasteiger partial charge in [-0.25, -0.2) is 9.18 Å². The molecule has 2 N–H and O–H groups in total. The van der Waals surface area contributed by atoms with Crippen molar-refractivity contribution in [2.24, 2.45) is 5.41 Å². The number of benzene rings is 1. The molecule has 0 saturated heterocycles. The van der Waals surface area contributed by atoms with Crippen molar-refractivity contribution < 1.29 is 14.3 Å². The van der Waals surface area contributed by atoms with Crippen LogP contribution in [0.4, 0.5) is 10.1 Å². The maximum atomic E-state index is 13.6. The number of aromatic carboxylic acids is 1. The number of hydrogen-bond donors (Lipinski definition) is 2. The minimum Gasteiger partial charge on any atom is -0.478 e. The van der Waals surface area contributed by atoms with Crippen LogP contribution in [0, 0.1) is 11.2 Å². The van der Waals surface area contributed by atoms with Crippen molar-refractivity contribution in [3.8, 4) is 0 Å². The summed E-state index contributed by atoms with van der Waals surface area (Å²) in [5.74, 6) is -1.91. The number of anilines is 1. The van der Waals surface area contributed by atoms with Gasteiger partial charge in [0.15, 0.2) is 0 Å². The summed E-state index contributed by atoms with van der Waals surface area (Å²) >= 11 is 0. The number of halogens is 1. The van der Waals surface area contributed by atoms with Gasteiger partial charge in [-0.15, -0.1) is 0 Å². The Bertz CT molecular complexity index is 467. The average Bonchev–Trinajstić information content (AvgIpc) is 2.85. The Labute approximate surface area is 112 Å². The third-order valence-electron chi connectivity index (χ3n) is 4.30. The lowest BCUT2D eigenvalue weighted by Crippen LogP contribution is -2.26. The van der Waals surface area contributed by atoms with Crippen molar-refractivity contribution in [1.29, 1.82) is 0 Å². The number of nitrogens with one attached hydrogen (secondary N) is 1. The van der Waals surface area contributed by atoms with Crippen LogP contribution in [0.1, 0.15) is 49.4 Å². The monoisotopic (exact) mass is 265 g/mol. The van der Waals surface area contributed by atoms with E-state index in [1.54, 1.807) is 6.07 Å². The second kappa shape index (κ2) is 5.59. The van der Waals surface area contributed by atoms with Crippen LogP contribution in [0.15, 0.2) is 18.2 Å². The van der Waals surface area contributed by atoms with Gasteiger partial charge in [-0.2, -0.15) is 0 Å². The van der Waals surface area contributed by atoms with Crippen LogP contribution in [0.3, 0.4) is 0 Å². The van der Waals surface area contributed by atoms with Crippen LogP contribution in [0.5, 0.6) is 0 Å². The average molecular weight is 265 g/mol. The molecule has 104 valence electrons. The first kappa shape index (κ1) is 13.8. The van der Waals surface area contributed by atoms with Gasteiger partial charge >= 0.3 is 5.97 Å². The Balaban J connectivity index is 2.15. The molecule has 1 fully saturated rings. The summed E-state index contributed by atoms with van der Waals surface area (Å²) in [5.41, 5.74) is 0.362. The molecule has 3 nitrogen and oxygen atoms in total. The number of carboxylic acid groups (broad SMARTS) is 1. The van der Waals surface area contributed by atoms with E-state index < -0.39 is 11.8 Å². The number of hydrogen-bond acceptors (Lipinski definition) is 2. The molecule has 0 bridgehead atoms. The molecule has 1 saturated carbocycles. The van der Waals surface area contributed by atoms with E-state index >= 15 is 0 Å². The van der Waals surface area contributed by atoms with E-state index in [4.69, 9.17) is 5.11 Å². The lowest BCUT2D eigenvalue weighted by atomic mass is 9.83. The topological polar surface area (TPSA) is 49.3 Å². The molecule has 0 spiro atoms. The van der Waals surface area contributed by atoms with Crippen LogP contribution >= 0.6 is 0 Å². The molecule has 0 atom stereocenters. The molecule has 1 aliphatic carbocycles. The van der Waals surface area contributed by atoms with E-state index in [1.807, 2.05) is 0 Å². The van der Waals surface area contributed by atoms with Gasteiger partial charge < -0.3 is 10.4 Å². The maximum Gasteiger partial charge on any atom is 0.340 e. The third kappa shape index (κ3) is 2.88. The van der Waals surface area contributed by atoms with Crippen molar-refractivity contribution in [2.75, 3.05) is 11.9 Å². The van der Waals surface area contributed by atoms with E-state index in [0.29, 0.717) is 12.2 Å².